The number of pyridine rings is 2. The van der Waals surface area contributed by atoms with Crippen molar-refractivity contribution < 1.29 is 9.59 Å². The van der Waals surface area contributed by atoms with Gasteiger partial charge in [-0.15, -0.1) is 0 Å². The molecule has 0 saturated heterocycles. The van der Waals surface area contributed by atoms with Crippen molar-refractivity contribution in [2.45, 2.75) is 0 Å². The van der Waals surface area contributed by atoms with Gasteiger partial charge >= 0.3 is 0 Å². The molecule has 154 valence electrons. The Balaban J connectivity index is 1.67. The number of hydrogen-bond donors (Lipinski definition) is 0. The first kappa shape index (κ1) is 20.0. The summed E-state index contributed by atoms with van der Waals surface area (Å²) >= 11 is 3.40. The average Bonchev–Trinajstić information content (AvgIpc) is 3.28. The van der Waals surface area contributed by atoms with Crippen molar-refractivity contribution in [3.8, 4) is 22.5 Å². The molecule has 0 spiro atoms. The normalized spacial score (nSPS) is 10.9. The van der Waals surface area contributed by atoms with Gasteiger partial charge in [-0.25, -0.2) is 14.6 Å². The lowest BCUT2D eigenvalue weighted by Crippen LogP contribution is -2.15. The Bertz CT molecular complexity index is 1460. The topological polar surface area (TPSA) is 77.7 Å². The largest absolute Gasteiger partial charge is 0.298 e. The summed E-state index contributed by atoms with van der Waals surface area (Å²) < 4.78 is 2.11. The Kier molecular flexibility index (Phi) is 5.17. The van der Waals surface area contributed by atoms with Crippen LogP contribution < -0.4 is 0 Å². The zero-order valence-corrected chi connectivity index (χ0v) is 18.2. The van der Waals surface area contributed by atoms with Gasteiger partial charge in [-0.3, -0.25) is 9.59 Å². The standard InChI is InChI=1S/C25H15BrN4O2/c26-20-10-8-17(9-11-20)22-19(15-31)14-30(29-22)25(32)21-13-18-7-4-12-27-24(18)28-23(21)16-5-2-1-3-6-16/h1-15H. The van der Waals surface area contributed by atoms with E-state index in [0.717, 1.165) is 21.0 Å². The van der Waals surface area contributed by atoms with E-state index >= 15 is 0 Å². The highest BCUT2D eigenvalue weighted by Gasteiger charge is 2.21. The third kappa shape index (κ3) is 3.63. The number of aldehydes is 1. The Morgan fingerprint density at radius 3 is 2.41 bits per heavy atom. The smallest absolute Gasteiger partial charge is 0.280 e. The van der Waals surface area contributed by atoms with Crippen LogP contribution in [0.15, 0.2) is 89.7 Å². The third-order valence-electron chi connectivity index (χ3n) is 5.06. The van der Waals surface area contributed by atoms with Crippen LogP contribution in [0, 0.1) is 0 Å². The number of carbonyl (C=O) groups excluding carboxylic acids is 2. The van der Waals surface area contributed by atoms with Crippen LogP contribution in [0.4, 0.5) is 0 Å². The lowest BCUT2D eigenvalue weighted by molar-refractivity contribution is 0.0946. The van der Waals surface area contributed by atoms with E-state index in [1.165, 1.54) is 10.9 Å². The summed E-state index contributed by atoms with van der Waals surface area (Å²) in [5.74, 6) is -0.381. The first-order valence-corrected chi connectivity index (χ1v) is 10.6. The molecule has 2 aromatic carbocycles. The second-order valence-corrected chi connectivity index (χ2v) is 8.02. The van der Waals surface area contributed by atoms with Crippen molar-refractivity contribution in [1.82, 2.24) is 19.7 Å². The van der Waals surface area contributed by atoms with Gasteiger partial charge in [0.15, 0.2) is 11.9 Å². The molecule has 5 aromatic rings. The lowest BCUT2D eigenvalue weighted by atomic mass is 10.0. The van der Waals surface area contributed by atoms with Crippen molar-refractivity contribution >= 4 is 39.2 Å². The number of fused-ring (bicyclic) bond motifs is 1. The fourth-order valence-electron chi connectivity index (χ4n) is 3.52. The molecule has 0 N–H and O–H groups in total. The first-order valence-electron chi connectivity index (χ1n) is 9.81. The molecule has 0 fully saturated rings. The van der Waals surface area contributed by atoms with E-state index in [1.807, 2.05) is 60.7 Å². The third-order valence-corrected chi connectivity index (χ3v) is 5.59. The van der Waals surface area contributed by atoms with E-state index in [9.17, 15) is 9.59 Å². The molecule has 0 bridgehead atoms. The number of carbonyl (C=O) groups is 2. The summed E-state index contributed by atoms with van der Waals surface area (Å²) in [5.41, 5.74) is 3.74. The quantitative estimate of drug-likeness (QED) is 0.319. The number of hydrogen-bond acceptors (Lipinski definition) is 5. The van der Waals surface area contributed by atoms with Gasteiger partial charge in [0.1, 0.15) is 5.69 Å². The van der Waals surface area contributed by atoms with E-state index in [1.54, 1.807) is 18.3 Å². The second-order valence-electron chi connectivity index (χ2n) is 7.11. The Morgan fingerprint density at radius 1 is 0.906 bits per heavy atom. The summed E-state index contributed by atoms with van der Waals surface area (Å²) in [6, 6.07) is 22.3. The molecule has 3 heterocycles. The van der Waals surface area contributed by atoms with Crippen LogP contribution in [-0.2, 0) is 0 Å². The van der Waals surface area contributed by atoms with E-state index in [4.69, 9.17) is 0 Å². The van der Waals surface area contributed by atoms with Gasteiger partial charge in [0.25, 0.3) is 5.91 Å². The summed E-state index contributed by atoms with van der Waals surface area (Å²) in [7, 11) is 0. The Labute approximate surface area is 191 Å². The van der Waals surface area contributed by atoms with Crippen LogP contribution in [-0.4, -0.2) is 31.9 Å². The number of halogens is 1. The fourth-order valence-corrected chi connectivity index (χ4v) is 3.78. The number of benzene rings is 2. The minimum atomic E-state index is -0.381. The number of nitrogens with zero attached hydrogens (tertiary/aromatic N) is 4. The lowest BCUT2D eigenvalue weighted by Gasteiger charge is -2.10. The van der Waals surface area contributed by atoms with Gasteiger partial charge in [0.05, 0.1) is 16.8 Å². The molecule has 32 heavy (non-hydrogen) atoms. The molecular formula is C25H15BrN4O2. The van der Waals surface area contributed by atoms with Crippen LogP contribution in [0.2, 0.25) is 0 Å². The molecule has 0 unspecified atom stereocenters. The molecule has 5 rings (SSSR count). The molecule has 0 radical (unpaired) electrons. The SMILES string of the molecule is O=Cc1cn(C(=O)c2cc3cccnc3nc2-c2ccccc2)nc1-c1ccc(Br)cc1. The maximum Gasteiger partial charge on any atom is 0.280 e. The highest BCUT2D eigenvalue weighted by Crippen LogP contribution is 2.27. The van der Waals surface area contributed by atoms with Gasteiger partial charge in [-0.2, -0.15) is 5.10 Å². The average molecular weight is 483 g/mol. The summed E-state index contributed by atoms with van der Waals surface area (Å²) in [6.07, 6.45) is 3.82. The van der Waals surface area contributed by atoms with Crippen LogP contribution in [0.25, 0.3) is 33.5 Å². The molecule has 0 aliphatic heterocycles. The van der Waals surface area contributed by atoms with E-state index in [2.05, 4.69) is 31.0 Å². The molecular weight excluding hydrogens is 468 g/mol. The van der Waals surface area contributed by atoms with Crippen molar-refractivity contribution in [3.63, 3.8) is 0 Å². The predicted molar refractivity (Wildman–Crippen MR) is 125 cm³/mol. The second kappa shape index (κ2) is 8.28. The summed E-state index contributed by atoms with van der Waals surface area (Å²) in [6.45, 7) is 0. The summed E-state index contributed by atoms with van der Waals surface area (Å²) in [5, 5.41) is 5.19. The van der Waals surface area contributed by atoms with Crippen molar-refractivity contribution in [2.75, 3.05) is 0 Å². The van der Waals surface area contributed by atoms with Gasteiger partial charge in [0.2, 0.25) is 0 Å². The molecule has 0 saturated carbocycles. The maximum atomic E-state index is 13.6. The van der Waals surface area contributed by atoms with Crippen molar-refractivity contribution in [1.29, 1.82) is 0 Å². The van der Waals surface area contributed by atoms with Crippen LogP contribution in [0.1, 0.15) is 20.7 Å². The monoisotopic (exact) mass is 482 g/mol. The molecule has 0 amide bonds. The van der Waals surface area contributed by atoms with Crippen LogP contribution in [0.3, 0.4) is 0 Å². The minimum Gasteiger partial charge on any atom is -0.298 e. The van der Waals surface area contributed by atoms with E-state index in [0.29, 0.717) is 34.4 Å². The van der Waals surface area contributed by atoms with Gasteiger partial charge in [-0.05, 0) is 30.3 Å². The number of aromatic nitrogens is 4. The van der Waals surface area contributed by atoms with Gasteiger partial charge in [0, 0.05) is 33.4 Å². The Morgan fingerprint density at radius 2 is 1.66 bits per heavy atom. The zero-order chi connectivity index (χ0) is 22.1. The molecule has 7 heteroatoms. The number of rotatable bonds is 4. The molecule has 3 aromatic heterocycles. The zero-order valence-electron chi connectivity index (χ0n) is 16.6. The van der Waals surface area contributed by atoms with Gasteiger partial charge in [-0.1, -0.05) is 58.4 Å². The van der Waals surface area contributed by atoms with Crippen LogP contribution >= 0.6 is 15.9 Å². The molecule has 0 aliphatic rings. The minimum absolute atomic E-state index is 0.331. The Hall–Kier alpha value is -3.97. The molecule has 0 aliphatic carbocycles. The summed E-state index contributed by atoms with van der Waals surface area (Å²) in [4.78, 5) is 34.3. The van der Waals surface area contributed by atoms with E-state index in [-0.39, 0.29) is 5.91 Å². The van der Waals surface area contributed by atoms with Gasteiger partial charge < -0.3 is 0 Å². The maximum absolute atomic E-state index is 13.6. The van der Waals surface area contributed by atoms with Crippen molar-refractivity contribution in [2.24, 2.45) is 0 Å². The molecule has 0 atom stereocenters. The first-order chi connectivity index (χ1) is 15.6. The predicted octanol–water partition coefficient (Wildman–Crippen LogP) is 5.42. The van der Waals surface area contributed by atoms with Crippen molar-refractivity contribution in [3.05, 3.63) is 101 Å². The highest BCUT2D eigenvalue weighted by molar-refractivity contribution is 9.10. The van der Waals surface area contributed by atoms with Crippen LogP contribution in [0.5, 0.6) is 0 Å². The highest BCUT2D eigenvalue weighted by atomic mass is 79.9. The molecule has 6 nitrogen and oxygen atoms in total. The fraction of sp³-hybridized carbons (Fsp3) is 0. The van der Waals surface area contributed by atoms with E-state index < -0.39 is 0 Å².